The van der Waals surface area contributed by atoms with Gasteiger partial charge in [0.2, 0.25) is 5.91 Å². The summed E-state index contributed by atoms with van der Waals surface area (Å²) in [4.78, 5) is 12.2. The molecule has 0 aromatic heterocycles. The van der Waals surface area contributed by atoms with Gasteiger partial charge in [-0.3, -0.25) is 4.79 Å². The molecule has 0 saturated carbocycles. The van der Waals surface area contributed by atoms with Gasteiger partial charge in [-0.05, 0) is 37.9 Å². The molecule has 4 heteroatoms. The van der Waals surface area contributed by atoms with Gasteiger partial charge in [-0.15, -0.1) is 0 Å². The van der Waals surface area contributed by atoms with E-state index in [0.717, 1.165) is 43.7 Å². The molecule has 1 atom stereocenters. The number of amides is 1. The van der Waals surface area contributed by atoms with Crippen molar-refractivity contribution in [2.75, 3.05) is 18.5 Å². The first-order valence-corrected chi connectivity index (χ1v) is 7.07. The lowest BCUT2D eigenvalue weighted by Crippen LogP contribution is -2.43. The third-order valence-electron chi connectivity index (χ3n) is 3.23. The number of carbonyl (C=O) groups excluding carboxylic acids is 1. The quantitative estimate of drug-likeness (QED) is 0.857. The van der Waals surface area contributed by atoms with Crippen LogP contribution in [0.2, 0.25) is 0 Å². The van der Waals surface area contributed by atoms with E-state index in [-0.39, 0.29) is 11.9 Å². The molecule has 1 heterocycles. The van der Waals surface area contributed by atoms with E-state index in [9.17, 15) is 4.79 Å². The first kappa shape index (κ1) is 13.9. The lowest BCUT2D eigenvalue weighted by atomic mass is 10.0. The van der Waals surface area contributed by atoms with Crippen LogP contribution in [0.5, 0.6) is 5.75 Å². The molecule has 0 unspecified atom stereocenters. The second kappa shape index (κ2) is 7.14. The lowest BCUT2D eigenvalue weighted by Gasteiger charge is -2.23. The van der Waals surface area contributed by atoms with Gasteiger partial charge < -0.3 is 15.4 Å². The van der Waals surface area contributed by atoms with Crippen molar-refractivity contribution in [2.24, 2.45) is 0 Å². The van der Waals surface area contributed by atoms with E-state index in [1.165, 1.54) is 0 Å². The van der Waals surface area contributed by atoms with Gasteiger partial charge in [0, 0.05) is 0 Å². The summed E-state index contributed by atoms with van der Waals surface area (Å²) in [5.41, 5.74) is 0.758. The minimum Gasteiger partial charge on any atom is -0.491 e. The molecule has 2 N–H and O–H groups in total. The Morgan fingerprint density at radius 3 is 3.00 bits per heavy atom. The van der Waals surface area contributed by atoms with Crippen molar-refractivity contribution in [1.82, 2.24) is 5.32 Å². The zero-order valence-corrected chi connectivity index (χ0v) is 11.4. The zero-order valence-electron chi connectivity index (χ0n) is 11.4. The molecule has 0 aliphatic carbocycles. The topological polar surface area (TPSA) is 50.4 Å². The molecule has 0 bridgehead atoms. The maximum absolute atomic E-state index is 12.2. The number of carbonyl (C=O) groups is 1. The number of hydrogen-bond donors (Lipinski definition) is 2. The molecule has 0 spiro atoms. The molecule has 19 heavy (non-hydrogen) atoms. The monoisotopic (exact) mass is 262 g/mol. The van der Waals surface area contributed by atoms with Crippen LogP contribution in [0, 0.1) is 0 Å². The highest BCUT2D eigenvalue weighted by Gasteiger charge is 2.21. The molecule has 1 saturated heterocycles. The van der Waals surface area contributed by atoms with Crippen molar-refractivity contribution in [3.8, 4) is 5.75 Å². The van der Waals surface area contributed by atoms with Crippen LogP contribution in [0.3, 0.4) is 0 Å². The Balaban J connectivity index is 1.99. The Labute approximate surface area is 114 Å². The Hall–Kier alpha value is -1.55. The minimum absolute atomic E-state index is 0.0345. The lowest BCUT2D eigenvalue weighted by molar-refractivity contribution is -0.118. The minimum atomic E-state index is -0.0759. The van der Waals surface area contributed by atoms with Crippen molar-refractivity contribution in [2.45, 2.75) is 38.6 Å². The summed E-state index contributed by atoms with van der Waals surface area (Å²) in [6.07, 6.45) is 4.12. The van der Waals surface area contributed by atoms with Crippen molar-refractivity contribution in [3.05, 3.63) is 24.3 Å². The second-order valence-electron chi connectivity index (χ2n) is 4.84. The second-order valence-corrected chi connectivity index (χ2v) is 4.84. The van der Waals surface area contributed by atoms with Gasteiger partial charge in [0.15, 0.2) is 0 Å². The first-order valence-electron chi connectivity index (χ1n) is 7.07. The summed E-state index contributed by atoms with van der Waals surface area (Å²) in [6, 6.07) is 7.51. The summed E-state index contributed by atoms with van der Waals surface area (Å²) in [7, 11) is 0. The summed E-state index contributed by atoms with van der Waals surface area (Å²) in [5.74, 6) is 0.778. The SMILES string of the molecule is CCCOc1ccccc1NC(=O)[C@H]1CCCCN1. The molecular formula is C15H22N2O2. The molecule has 1 fully saturated rings. The molecule has 1 aliphatic rings. The fourth-order valence-corrected chi connectivity index (χ4v) is 2.20. The maximum atomic E-state index is 12.2. The van der Waals surface area contributed by atoms with Crippen molar-refractivity contribution >= 4 is 11.6 Å². The van der Waals surface area contributed by atoms with E-state index >= 15 is 0 Å². The highest BCUT2D eigenvalue weighted by Crippen LogP contribution is 2.24. The number of rotatable bonds is 5. The highest BCUT2D eigenvalue weighted by molar-refractivity contribution is 5.96. The molecular weight excluding hydrogens is 240 g/mol. The largest absolute Gasteiger partial charge is 0.491 e. The molecule has 1 aromatic rings. The Kier molecular flexibility index (Phi) is 5.21. The standard InChI is InChI=1S/C15H22N2O2/c1-2-11-19-14-9-4-3-7-12(14)17-15(18)13-8-5-6-10-16-13/h3-4,7,9,13,16H,2,5-6,8,10-11H2,1H3,(H,17,18)/t13-/m1/s1. The Bertz CT molecular complexity index is 414. The van der Waals surface area contributed by atoms with Gasteiger partial charge in [-0.25, -0.2) is 0 Å². The van der Waals surface area contributed by atoms with Gasteiger partial charge in [0.25, 0.3) is 0 Å². The number of hydrogen-bond acceptors (Lipinski definition) is 3. The van der Waals surface area contributed by atoms with Crippen LogP contribution in [0.15, 0.2) is 24.3 Å². The van der Waals surface area contributed by atoms with Gasteiger partial charge in [0.1, 0.15) is 5.75 Å². The molecule has 1 aliphatic heterocycles. The van der Waals surface area contributed by atoms with Crippen LogP contribution in [-0.4, -0.2) is 25.1 Å². The van der Waals surface area contributed by atoms with E-state index in [1.54, 1.807) is 0 Å². The number of piperidine rings is 1. The van der Waals surface area contributed by atoms with E-state index < -0.39 is 0 Å². The summed E-state index contributed by atoms with van der Waals surface area (Å²) < 4.78 is 5.64. The molecule has 1 aromatic carbocycles. The number of benzene rings is 1. The van der Waals surface area contributed by atoms with Gasteiger partial charge >= 0.3 is 0 Å². The van der Waals surface area contributed by atoms with Crippen molar-refractivity contribution < 1.29 is 9.53 Å². The van der Waals surface area contributed by atoms with Crippen LogP contribution in [0.4, 0.5) is 5.69 Å². The average molecular weight is 262 g/mol. The molecule has 2 rings (SSSR count). The molecule has 0 radical (unpaired) electrons. The predicted molar refractivity (Wildman–Crippen MR) is 76.5 cm³/mol. The number of para-hydroxylation sites is 2. The third kappa shape index (κ3) is 3.96. The van der Waals surface area contributed by atoms with Gasteiger partial charge in [-0.1, -0.05) is 25.5 Å². The molecule has 1 amide bonds. The van der Waals surface area contributed by atoms with E-state index in [1.807, 2.05) is 24.3 Å². The van der Waals surface area contributed by atoms with Crippen LogP contribution in [-0.2, 0) is 4.79 Å². The summed E-state index contributed by atoms with van der Waals surface area (Å²) in [5, 5.41) is 6.21. The van der Waals surface area contributed by atoms with Crippen molar-refractivity contribution in [1.29, 1.82) is 0 Å². The number of ether oxygens (including phenoxy) is 1. The fraction of sp³-hybridized carbons (Fsp3) is 0.533. The Morgan fingerprint density at radius 1 is 1.42 bits per heavy atom. The summed E-state index contributed by atoms with van der Waals surface area (Å²) >= 11 is 0. The maximum Gasteiger partial charge on any atom is 0.241 e. The van der Waals surface area contributed by atoms with Crippen LogP contribution >= 0.6 is 0 Å². The normalized spacial score (nSPS) is 18.9. The Morgan fingerprint density at radius 2 is 2.26 bits per heavy atom. The van der Waals surface area contributed by atoms with E-state index in [4.69, 9.17) is 4.74 Å². The van der Waals surface area contributed by atoms with E-state index in [2.05, 4.69) is 17.6 Å². The zero-order chi connectivity index (χ0) is 13.5. The predicted octanol–water partition coefficient (Wildman–Crippen LogP) is 2.56. The molecule has 104 valence electrons. The first-order chi connectivity index (χ1) is 9.31. The van der Waals surface area contributed by atoms with Gasteiger partial charge in [-0.2, -0.15) is 0 Å². The van der Waals surface area contributed by atoms with Crippen molar-refractivity contribution in [3.63, 3.8) is 0 Å². The average Bonchev–Trinajstić information content (AvgIpc) is 2.47. The number of anilines is 1. The van der Waals surface area contributed by atoms with Crippen LogP contribution in [0.25, 0.3) is 0 Å². The fourth-order valence-electron chi connectivity index (χ4n) is 2.20. The highest BCUT2D eigenvalue weighted by atomic mass is 16.5. The van der Waals surface area contributed by atoms with E-state index in [0.29, 0.717) is 6.61 Å². The summed E-state index contributed by atoms with van der Waals surface area (Å²) in [6.45, 7) is 3.65. The third-order valence-corrected chi connectivity index (χ3v) is 3.23. The number of nitrogens with one attached hydrogen (secondary N) is 2. The smallest absolute Gasteiger partial charge is 0.241 e. The molecule has 4 nitrogen and oxygen atoms in total. The van der Waals surface area contributed by atoms with Crippen LogP contribution < -0.4 is 15.4 Å². The van der Waals surface area contributed by atoms with Crippen LogP contribution in [0.1, 0.15) is 32.6 Å². The van der Waals surface area contributed by atoms with Gasteiger partial charge in [0.05, 0.1) is 18.3 Å².